The standard InChI is InChI=1S/C13H21N3O3/c1-9(2)8-16(4-5-19-3)12-11(13(17)18)6-10(14)7-15-12/h6-7,9H,4-5,8,14H2,1-3H3,(H,17,18). The zero-order chi connectivity index (χ0) is 14.4. The van der Waals surface area contributed by atoms with Crippen molar-refractivity contribution < 1.29 is 14.6 Å². The second-order valence-corrected chi connectivity index (χ2v) is 4.78. The molecule has 1 aromatic heterocycles. The zero-order valence-electron chi connectivity index (χ0n) is 11.6. The van der Waals surface area contributed by atoms with Crippen molar-refractivity contribution in [3.8, 4) is 0 Å². The molecule has 0 saturated heterocycles. The summed E-state index contributed by atoms with van der Waals surface area (Å²) in [6.45, 7) is 5.94. The van der Waals surface area contributed by atoms with Gasteiger partial charge in [0.2, 0.25) is 0 Å². The van der Waals surface area contributed by atoms with Gasteiger partial charge in [0.15, 0.2) is 0 Å². The fraction of sp³-hybridized carbons (Fsp3) is 0.538. The molecule has 0 radical (unpaired) electrons. The molecule has 0 aromatic carbocycles. The Morgan fingerprint density at radius 1 is 1.58 bits per heavy atom. The summed E-state index contributed by atoms with van der Waals surface area (Å²) in [5, 5.41) is 9.25. The third kappa shape index (κ3) is 4.40. The van der Waals surface area contributed by atoms with Crippen molar-refractivity contribution >= 4 is 17.5 Å². The van der Waals surface area contributed by atoms with Gasteiger partial charge in [0.1, 0.15) is 11.4 Å². The first-order valence-electron chi connectivity index (χ1n) is 6.18. The number of carboxylic acid groups (broad SMARTS) is 1. The van der Waals surface area contributed by atoms with Crippen molar-refractivity contribution in [3.05, 3.63) is 17.8 Å². The Bertz CT molecular complexity index is 435. The number of nitrogen functional groups attached to an aromatic ring is 1. The van der Waals surface area contributed by atoms with Gasteiger partial charge in [0, 0.05) is 20.2 Å². The maximum absolute atomic E-state index is 11.3. The van der Waals surface area contributed by atoms with Gasteiger partial charge < -0.3 is 20.5 Å². The molecule has 1 aromatic rings. The SMILES string of the molecule is COCCN(CC(C)C)c1ncc(N)cc1C(=O)O. The topological polar surface area (TPSA) is 88.7 Å². The van der Waals surface area contributed by atoms with E-state index in [4.69, 9.17) is 10.5 Å². The molecule has 0 spiro atoms. The van der Waals surface area contributed by atoms with E-state index < -0.39 is 5.97 Å². The quantitative estimate of drug-likeness (QED) is 0.777. The summed E-state index contributed by atoms with van der Waals surface area (Å²) >= 11 is 0. The van der Waals surface area contributed by atoms with Crippen LogP contribution < -0.4 is 10.6 Å². The number of nitrogens with zero attached hydrogens (tertiary/aromatic N) is 2. The summed E-state index contributed by atoms with van der Waals surface area (Å²) in [6, 6.07) is 1.44. The van der Waals surface area contributed by atoms with Crippen LogP contribution in [-0.2, 0) is 4.74 Å². The van der Waals surface area contributed by atoms with Gasteiger partial charge in [-0.05, 0) is 12.0 Å². The molecule has 0 aliphatic carbocycles. The van der Waals surface area contributed by atoms with E-state index in [0.29, 0.717) is 37.1 Å². The van der Waals surface area contributed by atoms with Crippen molar-refractivity contribution in [1.29, 1.82) is 0 Å². The van der Waals surface area contributed by atoms with Crippen LogP contribution in [0, 0.1) is 5.92 Å². The van der Waals surface area contributed by atoms with Gasteiger partial charge >= 0.3 is 5.97 Å². The molecule has 19 heavy (non-hydrogen) atoms. The molecule has 0 atom stereocenters. The van der Waals surface area contributed by atoms with Crippen molar-refractivity contribution in [3.63, 3.8) is 0 Å². The molecular formula is C13H21N3O3. The Balaban J connectivity index is 3.09. The van der Waals surface area contributed by atoms with Crippen LogP contribution in [0.15, 0.2) is 12.3 Å². The second kappa shape index (κ2) is 6.94. The monoisotopic (exact) mass is 267 g/mol. The van der Waals surface area contributed by atoms with Crippen LogP contribution in [0.4, 0.5) is 11.5 Å². The number of anilines is 2. The molecule has 0 aliphatic rings. The van der Waals surface area contributed by atoms with Crippen LogP contribution in [-0.4, -0.2) is 42.9 Å². The number of aromatic nitrogens is 1. The molecule has 0 amide bonds. The second-order valence-electron chi connectivity index (χ2n) is 4.78. The normalized spacial score (nSPS) is 10.7. The van der Waals surface area contributed by atoms with E-state index in [2.05, 4.69) is 18.8 Å². The van der Waals surface area contributed by atoms with Crippen molar-refractivity contribution in [2.75, 3.05) is 37.4 Å². The lowest BCUT2D eigenvalue weighted by molar-refractivity contribution is 0.0697. The third-order valence-electron chi connectivity index (χ3n) is 2.57. The largest absolute Gasteiger partial charge is 0.478 e. The van der Waals surface area contributed by atoms with Gasteiger partial charge in [0.05, 0.1) is 18.5 Å². The Kier molecular flexibility index (Phi) is 5.57. The average molecular weight is 267 g/mol. The Hall–Kier alpha value is -1.82. The van der Waals surface area contributed by atoms with E-state index in [1.165, 1.54) is 12.3 Å². The van der Waals surface area contributed by atoms with Gasteiger partial charge in [-0.3, -0.25) is 0 Å². The number of methoxy groups -OCH3 is 1. The highest BCUT2D eigenvalue weighted by Crippen LogP contribution is 2.21. The van der Waals surface area contributed by atoms with Crippen LogP contribution in [0.25, 0.3) is 0 Å². The third-order valence-corrected chi connectivity index (χ3v) is 2.57. The van der Waals surface area contributed by atoms with E-state index >= 15 is 0 Å². The number of aromatic carboxylic acids is 1. The number of ether oxygens (including phenoxy) is 1. The van der Waals surface area contributed by atoms with Crippen molar-refractivity contribution in [2.24, 2.45) is 5.92 Å². The molecule has 0 aliphatic heterocycles. The van der Waals surface area contributed by atoms with E-state index in [9.17, 15) is 9.90 Å². The van der Waals surface area contributed by atoms with Gasteiger partial charge in [-0.2, -0.15) is 0 Å². The molecule has 1 rings (SSSR count). The number of rotatable bonds is 7. The molecular weight excluding hydrogens is 246 g/mol. The highest BCUT2D eigenvalue weighted by Gasteiger charge is 2.18. The lowest BCUT2D eigenvalue weighted by Gasteiger charge is -2.26. The Morgan fingerprint density at radius 3 is 2.79 bits per heavy atom. The fourth-order valence-corrected chi connectivity index (χ4v) is 1.81. The summed E-state index contributed by atoms with van der Waals surface area (Å²) < 4.78 is 5.06. The van der Waals surface area contributed by atoms with Crippen LogP contribution in [0.2, 0.25) is 0 Å². The smallest absolute Gasteiger partial charge is 0.339 e. The number of nitrogens with two attached hydrogens (primary N) is 1. The first-order chi connectivity index (χ1) is 8.95. The van der Waals surface area contributed by atoms with E-state index in [1.54, 1.807) is 7.11 Å². The Labute approximate surface area is 113 Å². The maximum atomic E-state index is 11.3. The molecule has 106 valence electrons. The lowest BCUT2D eigenvalue weighted by atomic mass is 10.1. The number of hydrogen-bond donors (Lipinski definition) is 2. The average Bonchev–Trinajstić information content (AvgIpc) is 2.34. The predicted molar refractivity (Wildman–Crippen MR) is 74.5 cm³/mol. The first kappa shape index (κ1) is 15.2. The lowest BCUT2D eigenvalue weighted by Crippen LogP contribution is -2.33. The number of hydrogen-bond acceptors (Lipinski definition) is 5. The summed E-state index contributed by atoms with van der Waals surface area (Å²) in [5.74, 6) is -0.203. The summed E-state index contributed by atoms with van der Waals surface area (Å²) in [4.78, 5) is 17.4. The molecule has 6 heteroatoms. The Morgan fingerprint density at radius 2 is 2.26 bits per heavy atom. The van der Waals surface area contributed by atoms with Crippen LogP contribution in [0.1, 0.15) is 24.2 Å². The summed E-state index contributed by atoms with van der Waals surface area (Å²) in [6.07, 6.45) is 1.47. The van der Waals surface area contributed by atoms with Crippen LogP contribution in [0.5, 0.6) is 0 Å². The van der Waals surface area contributed by atoms with Gasteiger partial charge in [-0.25, -0.2) is 9.78 Å². The van der Waals surface area contributed by atoms with Gasteiger partial charge in [0.25, 0.3) is 0 Å². The van der Waals surface area contributed by atoms with Gasteiger partial charge in [-0.1, -0.05) is 13.8 Å². The van der Waals surface area contributed by atoms with Crippen LogP contribution in [0.3, 0.4) is 0 Å². The zero-order valence-corrected chi connectivity index (χ0v) is 11.6. The van der Waals surface area contributed by atoms with Gasteiger partial charge in [-0.15, -0.1) is 0 Å². The molecule has 0 unspecified atom stereocenters. The predicted octanol–water partition coefficient (Wildman–Crippen LogP) is 1.47. The minimum atomic E-state index is -1.03. The first-order valence-corrected chi connectivity index (χ1v) is 6.18. The molecule has 6 nitrogen and oxygen atoms in total. The number of carbonyl (C=O) groups is 1. The van der Waals surface area contributed by atoms with E-state index in [-0.39, 0.29) is 5.56 Å². The summed E-state index contributed by atoms with van der Waals surface area (Å²) in [7, 11) is 1.61. The highest BCUT2D eigenvalue weighted by molar-refractivity contribution is 5.94. The molecule has 0 saturated carbocycles. The number of carboxylic acids is 1. The fourth-order valence-electron chi connectivity index (χ4n) is 1.81. The summed E-state index contributed by atoms with van der Waals surface area (Å²) in [5.41, 5.74) is 6.06. The van der Waals surface area contributed by atoms with E-state index in [0.717, 1.165) is 0 Å². The van der Waals surface area contributed by atoms with Crippen molar-refractivity contribution in [2.45, 2.75) is 13.8 Å². The van der Waals surface area contributed by atoms with Crippen LogP contribution >= 0.6 is 0 Å². The maximum Gasteiger partial charge on any atom is 0.339 e. The van der Waals surface area contributed by atoms with Crippen molar-refractivity contribution in [1.82, 2.24) is 4.98 Å². The number of pyridine rings is 1. The molecule has 3 N–H and O–H groups in total. The minimum absolute atomic E-state index is 0.122. The van der Waals surface area contributed by atoms with E-state index in [1.807, 2.05) is 4.90 Å². The molecule has 0 bridgehead atoms. The minimum Gasteiger partial charge on any atom is -0.478 e. The molecule has 1 heterocycles. The molecule has 0 fully saturated rings. The highest BCUT2D eigenvalue weighted by atomic mass is 16.5.